The molecular formula is C14H15N3OS2. The Kier molecular flexibility index (Phi) is 3.22. The molecule has 0 aliphatic carbocycles. The fourth-order valence-electron chi connectivity index (χ4n) is 1.72. The molecule has 0 aliphatic rings. The standard InChI is InChI=1S/C14H15N3OS2/c1-8-10(11-16-13(17-18-11)14(2,3)4)20-12(15-8)9-5-6-19-7-9/h5-7H,1-4H3. The Morgan fingerprint density at radius 3 is 2.60 bits per heavy atom. The third-order valence-corrected chi connectivity index (χ3v) is 4.73. The average molecular weight is 305 g/mol. The second-order valence-electron chi connectivity index (χ2n) is 5.62. The zero-order chi connectivity index (χ0) is 14.3. The Morgan fingerprint density at radius 1 is 1.20 bits per heavy atom. The van der Waals surface area contributed by atoms with Crippen LogP contribution in [0.15, 0.2) is 21.3 Å². The van der Waals surface area contributed by atoms with Crippen molar-refractivity contribution >= 4 is 22.7 Å². The first-order valence-electron chi connectivity index (χ1n) is 6.30. The lowest BCUT2D eigenvalue weighted by atomic mass is 9.96. The molecule has 20 heavy (non-hydrogen) atoms. The predicted octanol–water partition coefficient (Wildman–Crippen LogP) is 4.53. The van der Waals surface area contributed by atoms with Crippen molar-refractivity contribution in [3.8, 4) is 21.3 Å². The van der Waals surface area contributed by atoms with Crippen LogP contribution >= 0.6 is 22.7 Å². The highest BCUT2D eigenvalue weighted by Crippen LogP contribution is 2.35. The van der Waals surface area contributed by atoms with Gasteiger partial charge in [-0.05, 0) is 18.4 Å². The van der Waals surface area contributed by atoms with Gasteiger partial charge in [0.05, 0.1) is 5.69 Å². The van der Waals surface area contributed by atoms with Crippen molar-refractivity contribution in [1.82, 2.24) is 15.1 Å². The van der Waals surface area contributed by atoms with Gasteiger partial charge in [-0.2, -0.15) is 16.3 Å². The molecule has 0 aromatic carbocycles. The highest BCUT2D eigenvalue weighted by atomic mass is 32.1. The molecule has 0 N–H and O–H groups in total. The van der Waals surface area contributed by atoms with E-state index in [0.717, 1.165) is 27.0 Å². The molecule has 6 heteroatoms. The SMILES string of the molecule is Cc1nc(-c2ccsc2)sc1-c1nc(C(C)(C)C)no1. The van der Waals surface area contributed by atoms with Crippen molar-refractivity contribution in [1.29, 1.82) is 0 Å². The van der Waals surface area contributed by atoms with Crippen LogP contribution in [0.25, 0.3) is 21.3 Å². The molecule has 3 rings (SSSR count). The molecule has 0 saturated heterocycles. The number of aryl methyl sites for hydroxylation is 1. The highest BCUT2D eigenvalue weighted by Gasteiger charge is 2.23. The van der Waals surface area contributed by atoms with Gasteiger partial charge in [-0.1, -0.05) is 25.9 Å². The summed E-state index contributed by atoms with van der Waals surface area (Å²) >= 11 is 3.26. The van der Waals surface area contributed by atoms with E-state index in [0.29, 0.717) is 5.89 Å². The number of aromatic nitrogens is 3. The lowest BCUT2D eigenvalue weighted by Gasteiger charge is -2.10. The van der Waals surface area contributed by atoms with Crippen LogP contribution in [0, 0.1) is 6.92 Å². The van der Waals surface area contributed by atoms with E-state index in [9.17, 15) is 0 Å². The van der Waals surface area contributed by atoms with Gasteiger partial charge < -0.3 is 4.52 Å². The molecule has 0 spiro atoms. The maximum Gasteiger partial charge on any atom is 0.269 e. The molecule has 0 fully saturated rings. The molecule has 3 aromatic rings. The number of nitrogens with zero attached hydrogens (tertiary/aromatic N) is 3. The van der Waals surface area contributed by atoms with Crippen molar-refractivity contribution in [2.24, 2.45) is 0 Å². The van der Waals surface area contributed by atoms with Gasteiger partial charge in [-0.25, -0.2) is 4.98 Å². The van der Waals surface area contributed by atoms with Gasteiger partial charge in [0, 0.05) is 16.4 Å². The molecule has 3 aromatic heterocycles. The second kappa shape index (κ2) is 4.79. The first kappa shape index (κ1) is 13.5. The van der Waals surface area contributed by atoms with Crippen molar-refractivity contribution in [3.05, 3.63) is 28.3 Å². The minimum Gasteiger partial charge on any atom is -0.333 e. The van der Waals surface area contributed by atoms with Crippen LogP contribution in [-0.2, 0) is 5.41 Å². The normalized spacial score (nSPS) is 12.0. The summed E-state index contributed by atoms with van der Waals surface area (Å²) in [5.41, 5.74) is 1.96. The number of rotatable bonds is 2. The van der Waals surface area contributed by atoms with Gasteiger partial charge in [-0.3, -0.25) is 0 Å². The molecular weight excluding hydrogens is 290 g/mol. The monoisotopic (exact) mass is 305 g/mol. The van der Waals surface area contributed by atoms with Crippen molar-refractivity contribution in [2.75, 3.05) is 0 Å². The number of thiazole rings is 1. The predicted molar refractivity (Wildman–Crippen MR) is 82.2 cm³/mol. The Balaban J connectivity index is 2.01. The van der Waals surface area contributed by atoms with E-state index in [2.05, 4.69) is 52.7 Å². The lowest BCUT2D eigenvalue weighted by Crippen LogP contribution is -2.13. The second-order valence-corrected chi connectivity index (χ2v) is 7.40. The van der Waals surface area contributed by atoms with Gasteiger partial charge in [0.25, 0.3) is 5.89 Å². The van der Waals surface area contributed by atoms with Gasteiger partial charge in [0.15, 0.2) is 5.82 Å². The molecule has 0 aliphatic heterocycles. The van der Waals surface area contributed by atoms with E-state index in [1.807, 2.05) is 6.92 Å². The maximum atomic E-state index is 5.40. The quantitative estimate of drug-likeness (QED) is 0.698. The van der Waals surface area contributed by atoms with Crippen LogP contribution in [0.4, 0.5) is 0 Å². The summed E-state index contributed by atoms with van der Waals surface area (Å²) < 4.78 is 5.40. The fourth-order valence-corrected chi connectivity index (χ4v) is 3.42. The first-order chi connectivity index (χ1) is 9.45. The van der Waals surface area contributed by atoms with Crippen LogP contribution in [0.2, 0.25) is 0 Å². The topological polar surface area (TPSA) is 51.8 Å². The first-order valence-corrected chi connectivity index (χ1v) is 8.05. The summed E-state index contributed by atoms with van der Waals surface area (Å²) in [7, 11) is 0. The zero-order valence-electron chi connectivity index (χ0n) is 11.8. The molecule has 0 saturated carbocycles. The van der Waals surface area contributed by atoms with E-state index in [1.165, 1.54) is 0 Å². The molecule has 0 bridgehead atoms. The van der Waals surface area contributed by atoms with E-state index in [4.69, 9.17) is 4.52 Å². The molecule has 0 amide bonds. The molecule has 3 heterocycles. The van der Waals surface area contributed by atoms with Gasteiger partial charge in [-0.15, -0.1) is 11.3 Å². The highest BCUT2D eigenvalue weighted by molar-refractivity contribution is 7.18. The Morgan fingerprint density at radius 2 is 2.00 bits per heavy atom. The largest absolute Gasteiger partial charge is 0.333 e. The van der Waals surface area contributed by atoms with Crippen molar-refractivity contribution in [2.45, 2.75) is 33.1 Å². The minimum atomic E-state index is -0.115. The molecule has 0 atom stereocenters. The zero-order valence-corrected chi connectivity index (χ0v) is 13.4. The number of hydrogen-bond acceptors (Lipinski definition) is 6. The molecule has 0 radical (unpaired) electrons. The average Bonchev–Trinajstić information content (AvgIpc) is 3.07. The Hall–Kier alpha value is -1.53. The minimum absolute atomic E-state index is 0.115. The van der Waals surface area contributed by atoms with Crippen LogP contribution in [-0.4, -0.2) is 15.1 Å². The molecule has 0 unspecified atom stereocenters. The van der Waals surface area contributed by atoms with Crippen LogP contribution in [0.1, 0.15) is 32.3 Å². The lowest BCUT2D eigenvalue weighted by molar-refractivity contribution is 0.403. The van der Waals surface area contributed by atoms with E-state index in [-0.39, 0.29) is 5.41 Å². The smallest absolute Gasteiger partial charge is 0.269 e. The number of thiophene rings is 1. The number of hydrogen-bond donors (Lipinski definition) is 0. The summed E-state index contributed by atoms with van der Waals surface area (Å²) in [6.45, 7) is 8.18. The summed E-state index contributed by atoms with van der Waals surface area (Å²) in [6.07, 6.45) is 0. The van der Waals surface area contributed by atoms with Crippen molar-refractivity contribution < 1.29 is 4.52 Å². The van der Waals surface area contributed by atoms with Crippen LogP contribution in [0.3, 0.4) is 0 Å². The van der Waals surface area contributed by atoms with E-state index >= 15 is 0 Å². The van der Waals surface area contributed by atoms with Gasteiger partial charge in [0.1, 0.15) is 9.88 Å². The van der Waals surface area contributed by atoms with Crippen LogP contribution < -0.4 is 0 Å². The third kappa shape index (κ3) is 2.41. The van der Waals surface area contributed by atoms with Crippen LogP contribution in [0.5, 0.6) is 0 Å². The van der Waals surface area contributed by atoms with Gasteiger partial charge >= 0.3 is 0 Å². The van der Waals surface area contributed by atoms with E-state index in [1.54, 1.807) is 22.7 Å². The summed E-state index contributed by atoms with van der Waals surface area (Å²) in [5, 5.41) is 9.21. The van der Waals surface area contributed by atoms with E-state index < -0.39 is 0 Å². The van der Waals surface area contributed by atoms with Crippen molar-refractivity contribution in [3.63, 3.8) is 0 Å². The molecule has 4 nitrogen and oxygen atoms in total. The summed E-state index contributed by atoms with van der Waals surface area (Å²) in [4.78, 5) is 10.1. The summed E-state index contributed by atoms with van der Waals surface area (Å²) in [5.74, 6) is 1.28. The maximum absolute atomic E-state index is 5.40. The molecule has 104 valence electrons. The summed E-state index contributed by atoms with van der Waals surface area (Å²) in [6, 6.07) is 2.07. The third-order valence-electron chi connectivity index (χ3n) is 2.86. The Labute approximate surface area is 125 Å². The Bertz CT molecular complexity index is 720. The fraction of sp³-hybridized carbons (Fsp3) is 0.357. The van der Waals surface area contributed by atoms with Gasteiger partial charge in [0.2, 0.25) is 0 Å².